The van der Waals surface area contributed by atoms with Crippen molar-refractivity contribution < 1.29 is 14.3 Å². The van der Waals surface area contributed by atoms with Crippen molar-refractivity contribution in [3.8, 4) is 11.8 Å². The fourth-order valence-corrected chi connectivity index (χ4v) is 2.81. The number of ether oxygens (including phenoxy) is 1. The Morgan fingerprint density at radius 2 is 1.96 bits per heavy atom. The molecule has 0 bridgehead atoms. The van der Waals surface area contributed by atoms with Crippen LogP contribution in [0.1, 0.15) is 15.9 Å². The van der Waals surface area contributed by atoms with Gasteiger partial charge in [-0.2, -0.15) is 5.26 Å². The van der Waals surface area contributed by atoms with Crippen LogP contribution in [0.2, 0.25) is 0 Å². The number of amides is 2. The second-order valence-electron chi connectivity index (χ2n) is 5.88. The van der Waals surface area contributed by atoms with Gasteiger partial charge < -0.3 is 10.1 Å². The number of nitrogens with zero attached hydrogens (tertiary/aromatic N) is 2. The van der Waals surface area contributed by atoms with Crippen molar-refractivity contribution in [1.29, 1.82) is 5.26 Å². The topological polar surface area (TPSA) is 82.4 Å². The van der Waals surface area contributed by atoms with Crippen molar-refractivity contribution in [2.24, 2.45) is 5.92 Å². The van der Waals surface area contributed by atoms with E-state index >= 15 is 0 Å². The highest BCUT2D eigenvalue weighted by Gasteiger charge is 2.24. The van der Waals surface area contributed by atoms with Gasteiger partial charge in [-0.1, -0.05) is 49.2 Å². The maximum atomic E-state index is 12.6. The highest BCUT2D eigenvalue weighted by Crippen LogP contribution is 2.15. The maximum Gasteiger partial charge on any atom is 0.251 e. The molecule has 0 radical (unpaired) electrons. The van der Waals surface area contributed by atoms with Gasteiger partial charge in [0.15, 0.2) is 0 Å². The van der Waals surface area contributed by atoms with Gasteiger partial charge >= 0.3 is 0 Å². The SMILES string of the molecule is COc1cccc(C(=O)NCC(Cc2ccccc2)C(=O)N(S)CC#N)c1. The Balaban J connectivity index is 2.09. The van der Waals surface area contributed by atoms with Gasteiger partial charge in [-0.3, -0.25) is 13.9 Å². The van der Waals surface area contributed by atoms with E-state index < -0.39 is 5.92 Å². The molecule has 0 fully saturated rings. The van der Waals surface area contributed by atoms with Gasteiger partial charge in [-0.05, 0) is 30.2 Å². The average Bonchev–Trinajstić information content (AvgIpc) is 2.71. The molecule has 0 saturated heterocycles. The lowest BCUT2D eigenvalue weighted by atomic mass is 9.98. The summed E-state index contributed by atoms with van der Waals surface area (Å²) in [6.07, 6.45) is 0.431. The smallest absolute Gasteiger partial charge is 0.251 e. The van der Waals surface area contributed by atoms with Crippen LogP contribution in [0.4, 0.5) is 0 Å². The molecule has 0 aliphatic heterocycles. The molecule has 0 saturated carbocycles. The molecule has 1 N–H and O–H groups in total. The van der Waals surface area contributed by atoms with Gasteiger partial charge in [0.2, 0.25) is 5.91 Å². The summed E-state index contributed by atoms with van der Waals surface area (Å²) in [7, 11) is 1.53. The first-order valence-electron chi connectivity index (χ1n) is 8.38. The molecule has 0 spiro atoms. The Morgan fingerprint density at radius 1 is 1.22 bits per heavy atom. The lowest BCUT2D eigenvalue weighted by molar-refractivity contribution is -0.129. The van der Waals surface area contributed by atoms with E-state index in [1.165, 1.54) is 7.11 Å². The predicted molar refractivity (Wildman–Crippen MR) is 105 cm³/mol. The Labute approximate surface area is 164 Å². The van der Waals surface area contributed by atoms with E-state index in [0.29, 0.717) is 17.7 Å². The molecule has 2 aromatic rings. The maximum absolute atomic E-state index is 12.6. The number of hydrogen-bond acceptors (Lipinski definition) is 5. The molecule has 1 atom stereocenters. The number of nitrogens with one attached hydrogen (secondary N) is 1. The van der Waals surface area contributed by atoms with Crippen LogP contribution in [0, 0.1) is 17.2 Å². The minimum atomic E-state index is -0.534. The number of nitriles is 1. The minimum absolute atomic E-state index is 0.128. The summed E-state index contributed by atoms with van der Waals surface area (Å²) < 4.78 is 6.20. The standard InChI is InChI=1S/C20H21N3O3S/c1-26-18-9-5-8-16(13-18)19(24)22-14-17(20(25)23(27)11-10-21)12-15-6-3-2-4-7-15/h2-9,13,17,27H,11-12,14H2,1H3,(H,22,24). The van der Waals surface area contributed by atoms with Crippen LogP contribution in [0.5, 0.6) is 5.75 Å². The molecule has 0 aliphatic carbocycles. The van der Waals surface area contributed by atoms with E-state index in [2.05, 4.69) is 18.1 Å². The van der Waals surface area contributed by atoms with Crippen LogP contribution in [-0.4, -0.2) is 36.3 Å². The van der Waals surface area contributed by atoms with Crippen molar-refractivity contribution in [2.45, 2.75) is 6.42 Å². The summed E-state index contributed by atoms with van der Waals surface area (Å²) in [4.78, 5) is 25.0. The quantitative estimate of drug-likeness (QED) is 0.542. The van der Waals surface area contributed by atoms with Crippen LogP contribution in [0.25, 0.3) is 0 Å². The van der Waals surface area contributed by atoms with Gasteiger partial charge in [-0.25, -0.2) is 0 Å². The van der Waals surface area contributed by atoms with Crippen molar-refractivity contribution in [1.82, 2.24) is 9.62 Å². The predicted octanol–water partition coefficient (Wildman–Crippen LogP) is 2.48. The first-order chi connectivity index (χ1) is 13.0. The van der Waals surface area contributed by atoms with E-state index in [4.69, 9.17) is 10.00 Å². The fourth-order valence-electron chi connectivity index (χ4n) is 2.58. The molecular formula is C20H21N3O3S. The highest BCUT2D eigenvalue weighted by molar-refractivity contribution is 7.78. The van der Waals surface area contributed by atoms with Gasteiger partial charge in [0.25, 0.3) is 5.91 Å². The minimum Gasteiger partial charge on any atom is -0.497 e. The van der Waals surface area contributed by atoms with Crippen molar-refractivity contribution in [2.75, 3.05) is 20.2 Å². The first-order valence-corrected chi connectivity index (χ1v) is 8.78. The van der Waals surface area contributed by atoms with Crippen molar-refractivity contribution in [3.05, 3.63) is 65.7 Å². The number of rotatable bonds is 8. The lowest BCUT2D eigenvalue weighted by Crippen LogP contribution is -2.39. The van der Waals surface area contributed by atoms with Crippen LogP contribution < -0.4 is 10.1 Å². The second kappa shape index (κ2) is 10.2. The molecule has 7 heteroatoms. The van der Waals surface area contributed by atoms with Crippen molar-refractivity contribution in [3.63, 3.8) is 0 Å². The third kappa shape index (κ3) is 6.04. The molecule has 140 valence electrons. The van der Waals surface area contributed by atoms with Gasteiger partial charge in [0.05, 0.1) is 19.1 Å². The number of carbonyl (C=O) groups excluding carboxylic acids is 2. The van der Waals surface area contributed by atoms with Crippen molar-refractivity contribution >= 4 is 24.6 Å². The summed E-state index contributed by atoms with van der Waals surface area (Å²) in [5.41, 5.74) is 1.41. The number of thiol groups is 1. The molecule has 2 aromatic carbocycles. The largest absolute Gasteiger partial charge is 0.497 e. The van der Waals surface area contributed by atoms with Gasteiger partial charge in [0.1, 0.15) is 12.3 Å². The number of hydrogen-bond donors (Lipinski definition) is 2. The van der Waals surface area contributed by atoms with Gasteiger partial charge in [-0.15, -0.1) is 0 Å². The van der Waals surface area contributed by atoms with E-state index in [1.54, 1.807) is 24.3 Å². The summed E-state index contributed by atoms with van der Waals surface area (Å²) >= 11 is 4.08. The fraction of sp³-hybridized carbons (Fsp3) is 0.250. The summed E-state index contributed by atoms with van der Waals surface area (Å²) in [6, 6.07) is 18.2. The zero-order valence-corrected chi connectivity index (χ0v) is 15.9. The summed E-state index contributed by atoms with van der Waals surface area (Å²) in [6.45, 7) is 0.00330. The molecule has 1 unspecified atom stereocenters. The van der Waals surface area contributed by atoms with E-state index in [9.17, 15) is 9.59 Å². The summed E-state index contributed by atoms with van der Waals surface area (Å²) in [5, 5.41) is 11.6. The second-order valence-corrected chi connectivity index (χ2v) is 6.37. The molecule has 2 rings (SSSR count). The molecule has 2 amide bonds. The Kier molecular flexibility index (Phi) is 7.71. The summed E-state index contributed by atoms with van der Waals surface area (Å²) in [5.74, 6) is -0.566. The lowest BCUT2D eigenvalue weighted by Gasteiger charge is -2.21. The van der Waals surface area contributed by atoms with E-state index in [-0.39, 0.29) is 24.9 Å². The Hall–Kier alpha value is -2.98. The van der Waals surface area contributed by atoms with E-state index in [1.807, 2.05) is 36.4 Å². The Morgan fingerprint density at radius 3 is 2.63 bits per heavy atom. The molecule has 0 heterocycles. The number of carbonyl (C=O) groups is 2. The zero-order chi connectivity index (χ0) is 19.6. The van der Waals surface area contributed by atoms with E-state index in [0.717, 1.165) is 9.87 Å². The van der Waals surface area contributed by atoms with Gasteiger partial charge in [0, 0.05) is 12.1 Å². The van der Waals surface area contributed by atoms with Crippen LogP contribution >= 0.6 is 12.8 Å². The molecule has 27 heavy (non-hydrogen) atoms. The van der Waals surface area contributed by atoms with Crippen LogP contribution in [-0.2, 0) is 11.2 Å². The van der Waals surface area contributed by atoms with Crippen LogP contribution in [0.3, 0.4) is 0 Å². The highest BCUT2D eigenvalue weighted by atomic mass is 32.1. The monoisotopic (exact) mass is 383 g/mol. The average molecular weight is 383 g/mol. The first kappa shape index (κ1) is 20.3. The number of methoxy groups -OCH3 is 1. The Bertz CT molecular complexity index is 821. The molecular weight excluding hydrogens is 362 g/mol. The molecule has 0 aromatic heterocycles. The molecule has 0 aliphatic rings. The third-order valence-electron chi connectivity index (χ3n) is 3.99. The zero-order valence-electron chi connectivity index (χ0n) is 15.0. The van der Waals surface area contributed by atoms with Crippen LogP contribution in [0.15, 0.2) is 54.6 Å². The number of benzene rings is 2. The normalized spacial score (nSPS) is 11.1. The molecule has 6 nitrogen and oxygen atoms in total. The third-order valence-corrected chi connectivity index (χ3v) is 4.33.